The fraction of sp³-hybridized carbons (Fsp3) is 0.391. The number of methoxy groups -OCH3 is 1. The predicted octanol–water partition coefficient (Wildman–Crippen LogP) is 5.48. The molecular formula is C23H22F6N4O2. The highest BCUT2D eigenvalue weighted by Crippen LogP contribution is 2.57. The molecule has 2 aromatic carbocycles. The van der Waals surface area contributed by atoms with Crippen LogP contribution in [0.2, 0.25) is 0 Å². The van der Waals surface area contributed by atoms with Crippen LogP contribution < -0.4 is 10.5 Å². The molecule has 1 fully saturated rings. The number of nitrogens with zero attached hydrogens (tertiary/aromatic N) is 1. The third kappa shape index (κ3) is 4.19. The lowest BCUT2D eigenvalue weighted by Gasteiger charge is -2.30. The number of nitrogens with one attached hydrogen (secondary N) is 2. The monoisotopic (exact) mass is 500 g/mol. The fourth-order valence-corrected chi connectivity index (χ4v) is 4.85. The van der Waals surface area contributed by atoms with Gasteiger partial charge in [-0.1, -0.05) is 13.0 Å². The Bertz CT molecular complexity index is 1310. The van der Waals surface area contributed by atoms with E-state index in [9.17, 15) is 26.3 Å². The van der Waals surface area contributed by atoms with Crippen LogP contribution in [0.5, 0.6) is 5.75 Å². The van der Waals surface area contributed by atoms with Gasteiger partial charge in [0.15, 0.2) is 11.6 Å². The van der Waals surface area contributed by atoms with Gasteiger partial charge in [-0.25, -0.2) is 13.8 Å². The van der Waals surface area contributed by atoms with Crippen LogP contribution in [0.4, 0.5) is 26.3 Å². The largest absolute Gasteiger partial charge is 0.493 e. The van der Waals surface area contributed by atoms with Gasteiger partial charge in [0.1, 0.15) is 29.1 Å². The highest BCUT2D eigenvalue weighted by Gasteiger charge is 2.56. The SMILES string of the molecule is COc1c([C@H]2[C@H](c3nc4c(C(=N)N)c(F)ccc4[nH]3)O[C@@](C)(CC(F)(F)F)[C@H]2C)ccc(F)c1F. The van der Waals surface area contributed by atoms with Crippen LogP contribution in [0.25, 0.3) is 11.0 Å². The third-order valence-corrected chi connectivity index (χ3v) is 6.58. The number of rotatable bonds is 5. The number of nitrogens with two attached hydrogens (primary N) is 1. The number of nitrogen functional groups attached to an aromatic ring is 1. The number of benzene rings is 2. The van der Waals surface area contributed by atoms with Gasteiger partial charge in [0.05, 0.1) is 30.2 Å². The van der Waals surface area contributed by atoms with Crippen molar-refractivity contribution < 1.29 is 35.8 Å². The summed E-state index contributed by atoms with van der Waals surface area (Å²) in [6, 6.07) is 4.51. The van der Waals surface area contributed by atoms with Gasteiger partial charge in [0, 0.05) is 11.5 Å². The molecule has 35 heavy (non-hydrogen) atoms. The molecule has 6 nitrogen and oxygen atoms in total. The van der Waals surface area contributed by atoms with E-state index in [1.165, 1.54) is 26.0 Å². The van der Waals surface area contributed by atoms with Crippen LogP contribution in [0, 0.1) is 28.8 Å². The van der Waals surface area contributed by atoms with Crippen molar-refractivity contribution in [1.29, 1.82) is 5.41 Å². The summed E-state index contributed by atoms with van der Waals surface area (Å²) in [7, 11) is 1.12. The Kier molecular flexibility index (Phi) is 5.98. The van der Waals surface area contributed by atoms with Gasteiger partial charge >= 0.3 is 6.18 Å². The molecule has 4 atom stereocenters. The smallest absolute Gasteiger partial charge is 0.391 e. The maximum Gasteiger partial charge on any atom is 0.391 e. The Balaban J connectivity index is 1.92. The number of aromatic nitrogens is 2. The summed E-state index contributed by atoms with van der Waals surface area (Å²) in [5.41, 5.74) is 3.80. The van der Waals surface area contributed by atoms with Gasteiger partial charge in [-0.05, 0) is 31.0 Å². The quantitative estimate of drug-likeness (QED) is 0.246. The maximum atomic E-state index is 14.6. The highest BCUT2D eigenvalue weighted by atomic mass is 19.4. The minimum absolute atomic E-state index is 0.0100. The Morgan fingerprint density at radius 3 is 2.46 bits per heavy atom. The Morgan fingerprint density at radius 2 is 1.86 bits per heavy atom. The number of ether oxygens (including phenoxy) is 2. The second-order valence-electron chi connectivity index (χ2n) is 8.80. The number of alkyl halides is 3. The van der Waals surface area contributed by atoms with Crippen molar-refractivity contribution in [2.45, 2.75) is 44.1 Å². The van der Waals surface area contributed by atoms with Crippen LogP contribution in [-0.2, 0) is 4.74 Å². The first-order chi connectivity index (χ1) is 16.3. The molecule has 3 aromatic rings. The van der Waals surface area contributed by atoms with Gasteiger partial charge in [0.25, 0.3) is 0 Å². The Labute approximate surface area is 195 Å². The van der Waals surface area contributed by atoms with E-state index < -0.39 is 65.2 Å². The molecule has 0 amide bonds. The van der Waals surface area contributed by atoms with E-state index in [-0.39, 0.29) is 28.0 Å². The predicted molar refractivity (Wildman–Crippen MR) is 115 cm³/mol. The number of fused-ring (bicyclic) bond motifs is 1. The van der Waals surface area contributed by atoms with Gasteiger partial charge in [-0.2, -0.15) is 17.6 Å². The average Bonchev–Trinajstić information content (AvgIpc) is 3.27. The van der Waals surface area contributed by atoms with E-state index in [4.69, 9.17) is 20.6 Å². The van der Waals surface area contributed by atoms with Crippen molar-refractivity contribution in [3.8, 4) is 5.75 Å². The van der Waals surface area contributed by atoms with E-state index in [1.54, 1.807) is 0 Å². The van der Waals surface area contributed by atoms with Gasteiger partial charge in [0.2, 0.25) is 5.82 Å². The fourth-order valence-electron chi connectivity index (χ4n) is 4.85. The zero-order chi connectivity index (χ0) is 25.9. The van der Waals surface area contributed by atoms with Crippen LogP contribution in [0.3, 0.4) is 0 Å². The standard InChI is InChI=1S/C23H22F6N4O2/c1-9-14(10-4-5-12(25)16(26)18(10)34-3)19(35-22(9,2)8-23(27,28)29)21-32-13-7-6-11(24)15(20(30)31)17(13)33-21/h4-7,9,14,19H,8H2,1-3H3,(H3,30,31)(H,32,33)/t9-,14-,19+,22-/m0/s1. The van der Waals surface area contributed by atoms with E-state index in [1.807, 2.05) is 0 Å². The van der Waals surface area contributed by atoms with Crippen molar-refractivity contribution in [3.63, 3.8) is 0 Å². The molecule has 12 heteroatoms. The number of H-pyrrole nitrogens is 1. The van der Waals surface area contributed by atoms with Crippen molar-refractivity contribution in [2.75, 3.05) is 7.11 Å². The molecular weight excluding hydrogens is 478 g/mol. The van der Waals surface area contributed by atoms with Gasteiger partial charge in [-0.15, -0.1) is 0 Å². The molecule has 0 radical (unpaired) electrons. The van der Waals surface area contributed by atoms with Crippen LogP contribution in [0.1, 0.15) is 49.2 Å². The molecule has 1 saturated heterocycles. The lowest BCUT2D eigenvalue weighted by Crippen LogP contribution is -2.36. The summed E-state index contributed by atoms with van der Waals surface area (Å²) in [6.45, 7) is 2.80. The summed E-state index contributed by atoms with van der Waals surface area (Å²) in [5.74, 6) is -6.13. The summed E-state index contributed by atoms with van der Waals surface area (Å²) in [4.78, 5) is 7.21. The maximum absolute atomic E-state index is 14.6. The number of imidazole rings is 1. The second-order valence-corrected chi connectivity index (χ2v) is 8.80. The molecule has 0 unspecified atom stereocenters. The van der Waals surface area contributed by atoms with Crippen LogP contribution in [-0.4, -0.2) is 34.7 Å². The summed E-state index contributed by atoms with van der Waals surface area (Å²) in [6.07, 6.45) is -7.10. The molecule has 0 aliphatic carbocycles. The first-order valence-corrected chi connectivity index (χ1v) is 10.6. The Hall–Kier alpha value is -3.28. The second kappa shape index (κ2) is 8.43. The number of aromatic amines is 1. The number of hydrogen-bond donors (Lipinski definition) is 3. The topological polar surface area (TPSA) is 97.0 Å². The number of amidine groups is 1. The molecule has 4 N–H and O–H groups in total. The lowest BCUT2D eigenvalue weighted by molar-refractivity contribution is -0.188. The van der Waals surface area contributed by atoms with E-state index in [0.29, 0.717) is 0 Å². The summed E-state index contributed by atoms with van der Waals surface area (Å²) in [5, 5.41) is 7.68. The van der Waals surface area contributed by atoms with Crippen molar-refractivity contribution in [1.82, 2.24) is 9.97 Å². The van der Waals surface area contributed by atoms with E-state index >= 15 is 0 Å². The number of halogens is 6. The molecule has 188 valence electrons. The van der Waals surface area contributed by atoms with Crippen LogP contribution in [0.15, 0.2) is 24.3 Å². The number of hydrogen-bond acceptors (Lipinski definition) is 4. The molecule has 0 spiro atoms. The molecule has 0 bridgehead atoms. The molecule has 1 aromatic heterocycles. The van der Waals surface area contributed by atoms with E-state index in [2.05, 4.69) is 9.97 Å². The normalized spacial score (nSPS) is 24.8. The highest BCUT2D eigenvalue weighted by molar-refractivity contribution is 6.05. The average molecular weight is 500 g/mol. The third-order valence-electron chi connectivity index (χ3n) is 6.58. The van der Waals surface area contributed by atoms with Crippen molar-refractivity contribution >= 4 is 16.9 Å². The Morgan fingerprint density at radius 1 is 1.20 bits per heavy atom. The molecule has 0 saturated carbocycles. The molecule has 1 aliphatic heterocycles. The van der Waals surface area contributed by atoms with E-state index in [0.717, 1.165) is 19.2 Å². The van der Waals surface area contributed by atoms with Gasteiger partial charge in [-0.3, -0.25) is 5.41 Å². The van der Waals surface area contributed by atoms with Crippen LogP contribution >= 0.6 is 0 Å². The zero-order valence-corrected chi connectivity index (χ0v) is 18.9. The lowest BCUT2D eigenvalue weighted by atomic mass is 9.76. The minimum Gasteiger partial charge on any atom is -0.493 e. The molecule has 4 rings (SSSR count). The van der Waals surface area contributed by atoms with Crippen molar-refractivity contribution in [3.05, 3.63) is 58.7 Å². The zero-order valence-electron chi connectivity index (χ0n) is 18.9. The molecule has 2 heterocycles. The first kappa shape index (κ1) is 24.8. The van der Waals surface area contributed by atoms with Gasteiger partial charge < -0.3 is 20.2 Å². The van der Waals surface area contributed by atoms with Crippen molar-refractivity contribution in [2.24, 2.45) is 11.7 Å². The first-order valence-electron chi connectivity index (χ1n) is 10.6. The summed E-state index contributed by atoms with van der Waals surface area (Å²) >= 11 is 0. The summed E-state index contributed by atoms with van der Waals surface area (Å²) < 4.78 is 94.3. The molecule has 1 aliphatic rings. The minimum atomic E-state index is -4.58.